The monoisotopic (exact) mass is 310 g/mol. The third-order valence-corrected chi connectivity index (χ3v) is 4.86. The van der Waals surface area contributed by atoms with Crippen molar-refractivity contribution < 1.29 is 9.66 Å². The number of nitro benzene ring substituents is 1. The second-order valence-corrected chi connectivity index (χ2v) is 6.65. The largest absolute Gasteiger partial charge is 0.487 e. The molecule has 1 aromatic rings. The van der Waals surface area contributed by atoms with E-state index in [4.69, 9.17) is 4.74 Å². The molecule has 1 aliphatic rings. The Balaban J connectivity index is 2.13. The van der Waals surface area contributed by atoms with Crippen LogP contribution in [0.5, 0.6) is 5.75 Å². The van der Waals surface area contributed by atoms with E-state index in [-0.39, 0.29) is 10.6 Å². The van der Waals surface area contributed by atoms with E-state index in [0.29, 0.717) is 29.3 Å². The van der Waals surface area contributed by atoms with Crippen LogP contribution in [0.1, 0.15) is 33.1 Å². The highest BCUT2D eigenvalue weighted by Crippen LogP contribution is 2.38. The summed E-state index contributed by atoms with van der Waals surface area (Å²) < 4.78 is 5.38. The molecule has 5 nitrogen and oxygen atoms in total. The van der Waals surface area contributed by atoms with Gasteiger partial charge in [0.15, 0.2) is 5.75 Å². The molecule has 0 aliphatic heterocycles. The SMILES string of the molecule is CCOc1cccc(NC2CCC(SCC)C2)c1[N+](=O)[O-]. The molecule has 21 heavy (non-hydrogen) atoms. The molecule has 0 saturated heterocycles. The van der Waals surface area contributed by atoms with Gasteiger partial charge in [-0.2, -0.15) is 11.8 Å². The number of benzene rings is 1. The van der Waals surface area contributed by atoms with Crippen LogP contribution in [0.4, 0.5) is 11.4 Å². The van der Waals surface area contributed by atoms with Gasteiger partial charge >= 0.3 is 5.69 Å². The Morgan fingerprint density at radius 2 is 2.24 bits per heavy atom. The van der Waals surface area contributed by atoms with Crippen LogP contribution in [0.15, 0.2) is 18.2 Å². The zero-order chi connectivity index (χ0) is 15.2. The number of rotatable bonds is 7. The molecule has 2 unspecified atom stereocenters. The average Bonchev–Trinajstić information content (AvgIpc) is 2.87. The van der Waals surface area contributed by atoms with Crippen LogP contribution >= 0.6 is 11.8 Å². The maximum atomic E-state index is 11.3. The van der Waals surface area contributed by atoms with Gasteiger partial charge in [0, 0.05) is 11.3 Å². The van der Waals surface area contributed by atoms with Crippen molar-refractivity contribution in [2.24, 2.45) is 0 Å². The fourth-order valence-corrected chi connectivity index (χ4v) is 3.92. The molecule has 2 rings (SSSR count). The van der Waals surface area contributed by atoms with E-state index < -0.39 is 0 Å². The van der Waals surface area contributed by atoms with Gasteiger partial charge in [-0.3, -0.25) is 10.1 Å². The van der Waals surface area contributed by atoms with Crippen LogP contribution in [-0.2, 0) is 0 Å². The summed E-state index contributed by atoms with van der Waals surface area (Å²) >= 11 is 1.98. The second kappa shape index (κ2) is 7.54. The Bertz CT molecular complexity index is 496. The van der Waals surface area contributed by atoms with Crippen molar-refractivity contribution in [2.45, 2.75) is 44.4 Å². The highest BCUT2D eigenvalue weighted by molar-refractivity contribution is 7.99. The quantitative estimate of drug-likeness (QED) is 0.607. The molecule has 116 valence electrons. The summed E-state index contributed by atoms with van der Waals surface area (Å²) in [5.41, 5.74) is 0.615. The lowest BCUT2D eigenvalue weighted by molar-refractivity contribution is -0.385. The smallest absolute Gasteiger partial charge is 0.333 e. The summed E-state index contributed by atoms with van der Waals surface area (Å²) in [5, 5.41) is 15.4. The van der Waals surface area contributed by atoms with Crippen LogP contribution in [0.2, 0.25) is 0 Å². The van der Waals surface area contributed by atoms with E-state index in [9.17, 15) is 10.1 Å². The Kier molecular flexibility index (Phi) is 5.73. The third kappa shape index (κ3) is 4.03. The van der Waals surface area contributed by atoms with Crippen molar-refractivity contribution in [3.05, 3.63) is 28.3 Å². The topological polar surface area (TPSA) is 64.4 Å². The van der Waals surface area contributed by atoms with Crippen LogP contribution in [-0.4, -0.2) is 28.6 Å². The van der Waals surface area contributed by atoms with Gasteiger partial charge in [0.05, 0.1) is 11.5 Å². The normalized spacial score (nSPS) is 21.2. The van der Waals surface area contributed by atoms with Crippen LogP contribution < -0.4 is 10.1 Å². The molecule has 1 aromatic carbocycles. The van der Waals surface area contributed by atoms with Crippen LogP contribution in [0, 0.1) is 10.1 Å². The third-order valence-electron chi connectivity index (χ3n) is 3.63. The standard InChI is InChI=1S/C15H22N2O3S/c1-3-20-14-7-5-6-13(15(14)17(18)19)16-11-8-9-12(10-11)21-4-2/h5-7,11-12,16H,3-4,8-10H2,1-2H3. The minimum atomic E-state index is -0.361. The molecule has 1 fully saturated rings. The molecule has 1 aliphatic carbocycles. The fraction of sp³-hybridized carbons (Fsp3) is 0.600. The van der Waals surface area contributed by atoms with Gasteiger partial charge < -0.3 is 10.1 Å². The van der Waals surface area contributed by atoms with Crippen molar-refractivity contribution in [2.75, 3.05) is 17.7 Å². The minimum Gasteiger partial charge on any atom is -0.487 e. The maximum Gasteiger partial charge on any atom is 0.333 e. The summed E-state index contributed by atoms with van der Waals surface area (Å²) in [4.78, 5) is 11.0. The first-order valence-electron chi connectivity index (χ1n) is 7.44. The predicted octanol–water partition coefficient (Wildman–Crippen LogP) is 4.08. The van der Waals surface area contributed by atoms with Crippen molar-refractivity contribution in [1.82, 2.24) is 0 Å². The fourth-order valence-electron chi connectivity index (χ4n) is 2.78. The first-order valence-corrected chi connectivity index (χ1v) is 8.48. The van der Waals surface area contributed by atoms with Gasteiger partial charge in [0.1, 0.15) is 5.69 Å². The summed E-state index contributed by atoms with van der Waals surface area (Å²) in [7, 11) is 0. The molecule has 0 amide bonds. The number of anilines is 1. The molecule has 6 heteroatoms. The Labute approximate surface area is 129 Å². The van der Waals surface area contributed by atoms with E-state index in [0.717, 1.165) is 18.6 Å². The predicted molar refractivity (Wildman–Crippen MR) is 87.4 cm³/mol. The van der Waals surface area contributed by atoms with Gasteiger partial charge in [-0.05, 0) is 44.1 Å². The molecule has 0 spiro atoms. The molecular weight excluding hydrogens is 288 g/mol. The lowest BCUT2D eigenvalue weighted by Crippen LogP contribution is -2.17. The van der Waals surface area contributed by atoms with Gasteiger partial charge in [-0.1, -0.05) is 13.0 Å². The molecular formula is C15H22N2O3S. The van der Waals surface area contributed by atoms with E-state index in [2.05, 4.69) is 12.2 Å². The molecule has 2 atom stereocenters. The zero-order valence-electron chi connectivity index (χ0n) is 12.5. The number of hydrogen-bond acceptors (Lipinski definition) is 5. The van der Waals surface area contributed by atoms with Gasteiger partial charge in [-0.25, -0.2) is 0 Å². The highest BCUT2D eigenvalue weighted by Gasteiger charge is 2.28. The summed E-state index contributed by atoms with van der Waals surface area (Å²) in [6, 6.07) is 5.52. The zero-order valence-corrected chi connectivity index (χ0v) is 13.3. The maximum absolute atomic E-state index is 11.3. The van der Waals surface area contributed by atoms with Crippen molar-refractivity contribution in [1.29, 1.82) is 0 Å². The number of para-hydroxylation sites is 1. The Hall–Kier alpha value is -1.43. The molecule has 0 radical (unpaired) electrons. The van der Waals surface area contributed by atoms with Crippen LogP contribution in [0.3, 0.4) is 0 Å². The molecule has 0 bridgehead atoms. The number of nitrogens with zero attached hydrogens (tertiary/aromatic N) is 1. The van der Waals surface area contributed by atoms with Gasteiger partial charge in [0.25, 0.3) is 0 Å². The van der Waals surface area contributed by atoms with E-state index in [1.165, 1.54) is 6.42 Å². The average molecular weight is 310 g/mol. The Morgan fingerprint density at radius 3 is 2.90 bits per heavy atom. The molecule has 1 N–H and O–H groups in total. The van der Waals surface area contributed by atoms with Crippen molar-refractivity contribution in [3.63, 3.8) is 0 Å². The highest BCUT2D eigenvalue weighted by atomic mass is 32.2. The van der Waals surface area contributed by atoms with Crippen molar-refractivity contribution in [3.8, 4) is 5.75 Å². The van der Waals surface area contributed by atoms with Crippen LogP contribution in [0.25, 0.3) is 0 Å². The number of nitro groups is 1. The Morgan fingerprint density at radius 1 is 1.43 bits per heavy atom. The molecule has 1 saturated carbocycles. The second-order valence-electron chi connectivity index (χ2n) is 5.07. The van der Waals surface area contributed by atoms with Gasteiger partial charge in [-0.15, -0.1) is 0 Å². The summed E-state index contributed by atoms with van der Waals surface area (Å²) in [6.07, 6.45) is 3.30. The number of thioether (sulfide) groups is 1. The summed E-state index contributed by atoms with van der Waals surface area (Å²) in [5.74, 6) is 1.46. The first kappa shape index (κ1) is 15.9. The molecule has 0 aromatic heterocycles. The van der Waals surface area contributed by atoms with E-state index in [1.54, 1.807) is 18.2 Å². The lowest BCUT2D eigenvalue weighted by atomic mass is 10.2. The van der Waals surface area contributed by atoms with E-state index in [1.807, 2.05) is 18.7 Å². The van der Waals surface area contributed by atoms with Crippen molar-refractivity contribution >= 4 is 23.1 Å². The first-order chi connectivity index (χ1) is 10.2. The van der Waals surface area contributed by atoms with Gasteiger partial charge in [0.2, 0.25) is 0 Å². The minimum absolute atomic E-state index is 0.0472. The van der Waals surface area contributed by atoms with E-state index >= 15 is 0 Å². The number of hydrogen-bond donors (Lipinski definition) is 1. The number of nitrogens with one attached hydrogen (secondary N) is 1. The number of ether oxygens (including phenoxy) is 1. The molecule has 0 heterocycles. The summed E-state index contributed by atoms with van der Waals surface area (Å²) in [6.45, 7) is 4.41. The lowest BCUT2D eigenvalue weighted by Gasteiger charge is -2.16.